The number of ether oxygens (including phenoxy) is 1. The van der Waals surface area contributed by atoms with Crippen molar-refractivity contribution in [2.45, 2.75) is 6.04 Å². The maximum atomic E-state index is 13.2. The van der Waals surface area contributed by atoms with Crippen LogP contribution < -0.4 is 15.8 Å². The average molecular weight is 393 g/mol. The van der Waals surface area contributed by atoms with Gasteiger partial charge in [-0.2, -0.15) is 5.10 Å². The summed E-state index contributed by atoms with van der Waals surface area (Å²) < 4.78 is 6.68. The third kappa shape index (κ3) is 4.21. The number of rotatable bonds is 5. The van der Waals surface area contributed by atoms with E-state index in [1.807, 2.05) is 36.4 Å². The Balaban J connectivity index is 1.65. The van der Waals surface area contributed by atoms with Crippen LogP contribution in [0.5, 0.6) is 0 Å². The molecule has 29 heavy (non-hydrogen) atoms. The van der Waals surface area contributed by atoms with Crippen molar-refractivity contribution in [3.05, 3.63) is 76.2 Å². The highest BCUT2D eigenvalue weighted by molar-refractivity contribution is 6.04. The third-order valence-corrected chi connectivity index (χ3v) is 5.37. The summed E-state index contributed by atoms with van der Waals surface area (Å²) in [5.41, 5.74) is 1.10. The fourth-order valence-electron chi connectivity index (χ4n) is 3.78. The van der Waals surface area contributed by atoms with Gasteiger partial charge in [-0.05, 0) is 11.6 Å². The number of morpholine rings is 1. The van der Waals surface area contributed by atoms with Crippen LogP contribution in [0.25, 0.3) is 10.8 Å². The smallest absolute Gasteiger partial charge is 0.274 e. The fraction of sp³-hybridized carbons (Fsp3) is 0.318. The molecule has 2 aromatic carbocycles. The van der Waals surface area contributed by atoms with Gasteiger partial charge in [0.05, 0.1) is 18.6 Å². The summed E-state index contributed by atoms with van der Waals surface area (Å²) in [4.78, 5) is 27.0. The monoisotopic (exact) mass is 393 g/mol. The van der Waals surface area contributed by atoms with Gasteiger partial charge in [0.1, 0.15) is 25.7 Å². The molecule has 1 aromatic heterocycles. The van der Waals surface area contributed by atoms with Gasteiger partial charge in [0.2, 0.25) is 0 Å². The molecular weight excluding hydrogens is 368 g/mol. The van der Waals surface area contributed by atoms with Crippen LogP contribution in [-0.4, -0.2) is 48.5 Å². The van der Waals surface area contributed by atoms with Gasteiger partial charge in [-0.1, -0.05) is 48.5 Å². The number of amides is 1. The summed E-state index contributed by atoms with van der Waals surface area (Å²) in [5.74, 6) is -0.279. The van der Waals surface area contributed by atoms with Crippen LogP contribution in [0.4, 0.5) is 0 Å². The predicted molar refractivity (Wildman–Crippen MR) is 110 cm³/mol. The molecule has 7 nitrogen and oxygen atoms in total. The van der Waals surface area contributed by atoms with Crippen molar-refractivity contribution in [3.63, 3.8) is 0 Å². The lowest BCUT2D eigenvalue weighted by Gasteiger charge is -2.28. The van der Waals surface area contributed by atoms with Crippen LogP contribution in [0.15, 0.2) is 59.4 Å². The molecule has 1 aliphatic rings. The van der Waals surface area contributed by atoms with Crippen molar-refractivity contribution < 1.29 is 14.4 Å². The Labute approximate surface area is 168 Å². The molecule has 0 aliphatic carbocycles. The largest absolute Gasteiger partial charge is 0.370 e. The maximum Gasteiger partial charge on any atom is 0.274 e. The van der Waals surface area contributed by atoms with Crippen LogP contribution in [0.3, 0.4) is 0 Å². The topological polar surface area (TPSA) is 77.7 Å². The Morgan fingerprint density at radius 1 is 1.10 bits per heavy atom. The Bertz CT molecular complexity index is 1060. The van der Waals surface area contributed by atoms with Gasteiger partial charge >= 0.3 is 0 Å². The number of nitrogens with zero attached hydrogens (tertiary/aromatic N) is 2. The first-order valence-corrected chi connectivity index (χ1v) is 9.86. The van der Waals surface area contributed by atoms with Crippen LogP contribution >= 0.6 is 0 Å². The summed E-state index contributed by atoms with van der Waals surface area (Å²) in [7, 11) is 1.57. The fourth-order valence-corrected chi connectivity index (χ4v) is 3.78. The molecule has 1 fully saturated rings. The molecule has 1 aliphatic heterocycles. The number of quaternary nitrogens is 1. The molecule has 0 spiro atoms. The van der Waals surface area contributed by atoms with E-state index in [0.717, 1.165) is 38.4 Å². The Hall–Kier alpha value is -3.03. The number of carbonyl (C=O) groups excluding carboxylic acids is 1. The first kappa shape index (κ1) is 19.3. The van der Waals surface area contributed by atoms with E-state index < -0.39 is 0 Å². The Morgan fingerprint density at radius 3 is 2.48 bits per heavy atom. The SMILES string of the molecule is Cn1nc(C(=O)N[C@@H](C[NH+]2CCOCC2)c2ccccc2)c2ccccc2c1=O. The van der Waals surface area contributed by atoms with E-state index in [9.17, 15) is 9.59 Å². The van der Waals surface area contributed by atoms with E-state index >= 15 is 0 Å². The first-order chi connectivity index (χ1) is 14.1. The minimum absolute atomic E-state index is 0.158. The number of aryl methyl sites for hydroxylation is 1. The first-order valence-electron chi connectivity index (χ1n) is 9.86. The standard InChI is InChI=1S/C22H24N4O3/c1-25-22(28)18-10-6-5-9-17(18)20(24-25)21(27)23-19(16-7-3-2-4-8-16)15-26-11-13-29-14-12-26/h2-10,19H,11-15H2,1H3,(H,23,27)/p+1/t19-/m0/s1. The number of aromatic nitrogens is 2. The zero-order valence-corrected chi connectivity index (χ0v) is 16.4. The van der Waals surface area contributed by atoms with E-state index in [1.54, 1.807) is 25.2 Å². The molecule has 150 valence electrons. The molecule has 1 amide bonds. The molecule has 1 atom stereocenters. The van der Waals surface area contributed by atoms with Crippen LogP contribution in [0.1, 0.15) is 22.1 Å². The van der Waals surface area contributed by atoms with Gasteiger partial charge in [0.15, 0.2) is 5.69 Å². The lowest BCUT2D eigenvalue weighted by Crippen LogP contribution is -3.14. The molecular formula is C22H25N4O3+. The molecule has 1 saturated heterocycles. The van der Waals surface area contributed by atoms with Crippen molar-refractivity contribution in [2.75, 3.05) is 32.8 Å². The molecule has 0 radical (unpaired) electrons. The van der Waals surface area contributed by atoms with Gasteiger partial charge in [-0.25, -0.2) is 4.68 Å². The highest BCUT2D eigenvalue weighted by Gasteiger charge is 2.25. The second-order valence-corrected chi connectivity index (χ2v) is 7.33. The zero-order chi connectivity index (χ0) is 20.2. The van der Waals surface area contributed by atoms with Crippen molar-refractivity contribution in [1.82, 2.24) is 15.1 Å². The molecule has 0 bridgehead atoms. The number of hydrogen-bond donors (Lipinski definition) is 2. The maximum absolute atomic E-state index is 13.2. The lowest BCUT2D eigenvalue weighted by molar-refractivity contribution is -0.909. The molecule has 3 aromatic rings. The average Bonchev–Trinajstić information content (AvgIpc) is 2.77. The highest BCUT2D eigenvalue weighted by Crippen LogP contribution is 2.16. The third-order valence-electron chi connectivity index (χ3n) is 5.37. The number of benzene rings is 2. The number of hydrogen-bond acceptors (Lipinski definition) is 4. The number of nitrogens with one attached hydrogen (secondary N) is 2. The van der Waals surface area contributed by atoms with Crippen molar-refractivity contribution in [3.8, 4) is 0 Å². The summed E-state index contributed by atoms with van der Waals surface area (Å²) in [6, 6.07) is 16.9. The van der Waals surface area contributed by atoms with Gasteiger partial charge in [-0.3, -0.25) is 9.59 Å². The predicted octanol–water partition coefficient (Wildman–Crippen LogP) is 0.320. The summed E-state index contributed by atoms with van der Waals surface area (Å²) in [6.45, 7) is 4.07. The molecule has 0 saturated carbocycles. The second kappa shape index (κ2) is 8.55. The Kier molecular flexibility index (Phi) is 5.69. The van der Waals surface area contributed by atoms with Crippen molar-refractivity contribution >= 4 is 16.7 Å². The Morgan fingerprint density at radius 2 is 1.76 bits per heavy atom. The summed E-state index contributed by atoms with van der Waals surface area (Å²) in [5, 5.41) is 8.48. The van der Waals surface area contributed by atoms with Crippen LogP contribution in [0.2, 0.25) is 0 Å². The normalized spacial score (nSPS) is 15.9. The molecule has 7 heteroatoms. The van der Waals surface area contributed by atoms with Gasteiger partial charge < -0.3 is 15.0 Å². The quantitative estimate of drug-likeness (QED) is 0.655. The van der Waals surface area contributed by atoms with E-state index in [0.29, 0.717) is 10.8 Å². The molecule has 0 unspecified atom stereocenters. The van der Waals surface area contributed by atoms with E-state index in [2.05, 4.69) is 10.4 Å². The van der Waals surface area contributed by atoms with E-state index in [-0.39, 0.29) is 23.2 Å². The number of carbonyl (C=O) groups is 1. The van der Waals surface area contributed by atoms with Gasteiger partial charge in [0, 0.05) is 12.4 Å². The van der Waals surface area contributed by atoms with Gasteiger partial charge in [-0.15, -0.1) is 0 Å². The minimum Gasteiger partial charge on any atom is -0.370 e. The number of fused-ring (bicyclic) bond motifs is 1. The molecule has 2 N–H and O–H groups in total. The molecule has 4 rings (SSSR count). The molecule has 2 heterocycles. The highest BCUT2D eigenvalue weighted by atomic mass is 16.5. The lowest BCUT2D eigenvalue weighted by atomic mass is 10.0. The van der Waals surface area contributed by atoms with Crippen LogP contribution in [-0.2, 0) is 11.8 Å². The van der Waals surface area contributed by atoms with E-state index in [4.69, 9.17) is 4.74 Å². The van der Waals surface area contributed by atoms with Crippen LogP contribution in [0, 0.1) is 0 Å². The van der Waals surface area contributed by atoms with Crippen molar-refractivity contribution in [1.29, 1.82) is 0 Å². The minimum atomic E-state index is -0.279. The van der Waals surface area contributed by atoms with Gasteiger partial charge in [0.25, 0.3) is 11.5 Å². The second-order valence-electron chi connectivity index (χ2n) is 7.33. The van der Waals surface area contributed by atoms with Crippen molar-refractivity contribution in [2.24, 2.45) is 7.05 Å². The zero-order valence-electron chi connectivity index (χ0n) is 16.4. The summed E-state index contributed by atoms with van der Waals surface area (Å²) >= 11 is 0. The van der Waals surface area contributed by atoms with E-state index in [1.165, 1.54) is 9.58 Å². The summed E-state index contributed by atoms with van der Waals surface area (Å²) in [6.07, 6.45) is 0.